The summed E-state index contributed by atoms with van der Waals surface area (Å²) in [5.74, 6) is 0.916. The van der Waals surface area contributed by atoms with Gasteiger partial charge >= 0.3 is 0 Å². The van der Waals surface area contributed by atoms with Gasteiger partial charge in [0.1, 0.15) is 11.8 Å². The van der Waals surface area contributed by atoms with Gasteiger partial charge in [-0.25, -0.2) is 10.9 Å². The minimum Gasteiger partial charge on any atom is -0.507 e. The molecule has 0 bridgehead atoms. The maximum absolute atomic E-state index is 12.7. The van der Waals surface area contributed by atoms with Gasteiger partial charge in [0.05, 0.1) is 5.71 Å². The van der Waals surface area contributed by atoms with E-state index in [4.69, 9.17) is 0 Å². The Kier molecular flexibility index (Phi) is 5.34. The average molecular weight is 358 g/mol. The van der Waals surface area contributed by atoms with Crippen molar-refractivity contribution in [3.05, 3.63) is 29.8 Å². The molecule has 1 aliphatic carbocycles. The third-order valence-electron chi connectivity index (χ3n) is 5.89. The normalized spacial score (nSPS) is 29.3. The highest BCUT2D eigenvalue weighted by Gasteiger charge is 2.45. The van der Waals surface area contributed by atoms with Crippen LogP contribution in [0.5, 0.6) is 5.75 Å². The number of benzene rings is 1. The Morgan fingerprint density at radius 1 is 1.23 bits per heavy atom. The number of aromatic hydroxyl groups is 1. The van der Waals surface area contributed by atoms with E-state index in [0.29, 0.717) is 23.2 Å². The SMILES string of the molecule is C/C(=N\NC(=O)C1NNC2CCC(C(C)(C)C)CC21)c1ccccc1O. The molecule has 6 heteroatoms. The van der Waals surface area contributed by atoms with Crippen molar-refractivity contribution in [1.82, 2.24) is 16.3 Å². The van der Waals surface area contributed by atoms with Gasteiger partial charge in [0.15, 0.2) is 0 Å². The highest BCUT2D eigenvalue weighted by Crippen LogP contribution is 2.42. The molecule has 0 radical (unpaired) electrons. The number of hydrazine groups is 1. The minimum atomic E-state index is -0.286. The molecule has 4 atom stereocenters. The molecule has 0 aromatic heterocycles. The third kappa shape index (κ3) is 3.91. The van der Waals surface area contributed by atoms with E-state index >= 15 is 0 Å². The Hall–Kier alpha value is -1.92. The monoisotopic (exact) mass is 358 g/mol. The van der Waals surface area contributed by atoms with Crippen LogP contribution in [0.15, 0.2) is 29.4 Å². The van der Waals surface area contributed by atoms with Crippen LogP contribution in [0.25, 0.3) is 0 Å². The van der Waals surface area contributed by atoms with Crippen molar-refractivity contribution in [2.75, 3.05) is 0 Å². The van der Waals surface area contributed by atoms with Crippen molar-refractivity contribution in [3.8, 4) is 5.75 Å². The van der Waals surface area contributed by atoms with E-state index in [1.54, 1.807) is 25.1 Å². The number of para-hydroxylation sites is 1. The molecule has 142 valence electrons. The third-order valence-corrected chi connectivity index (χ3v) is 5.89. The van der Waals surface area contributed by atoms with Gasteiger partial charge in [-0.3, -0.25) is 10.2 Å². The number of hydrazone groups is 1. The van der Waals surface area contributed by atoms with Crippen LogP contribution in [-0.2, 0) is 4.79 Å². The molecule has 1 saturated heterocycles. The second-order valence-corrected chi connectivity index (χ2v) is 8.60. The van der Waals surface area contributed by atoms with Crippen LogP contribution in [0.1, 0.15) is 52.5 Å². The molecule has 4 N–H and O–H groups in total. The van der Waals surface area contributed by atoms with E-state index in [0.717, 1.165) is 12.8 Å². The molecule has 1 aromatic rings. The molecule has 0 spiro atoms. The van der Waals surface area contributed by atoms with E-state index in [2.05, 4.69) is 42.1 Å². The molecule has 3 rings (SSSR count). The number of phenolic OH excluding ortho intramolecular Hbond substituents is 1. The van der Waals surface area contributed by atoms with Crippen LogP contribution in [-0.4, -0.2) is 28.8 Å². The van der Waals surface area contributed by atoms with Crippen LogP contribution in [0, 0.1) is 17.3 Å². The summed E-state index contributed by atoms with van der Waals surface area (Å²) in [6.45, 7) is 8.61. The number of nitrogens with zero attached hydrogens (tertiary/aromatic N) is 1. The zero-order valence-electron chi connectivity index (χ0n) is 16.0. The Labute approximate surface area is 155 Å². The van der Waals surface area contributed by atoms with Crippen molar-refractivity contribution in [2.45, 2.75) is 59.0 Å². The molecule has 1 saturated carbocycles. The second-order valence-electron chi connectivity index (χ2n) is 8.60. The molecule has 26 heavy (non-hydrogen) atoms. The molecule has 2 fully saturated rings. The first kappa shape index (κ1) is 18.9. The van der Waals surface area contributed by atoms with Crippen LogP contribution < -0.4 is 16.3 Å². The highest BCUT2D eigenvalue weighted by atomic mass is 16.3. The molecule has 6 nitrogen and oxygen atoms in total. The van der Waals surface area contributed by atoms with Gasteiger partial charge in [0, 0.05) is 17.5 Å². The van der Waals surface area contributed by atoms with Gasteiger partial charge in [0.2, 0.25) is 0 Å². The van der Waals surface area contributed by atoms with E-state index in [1.165, 1.54) is 6.42 Å². The summed E-state index contributed by atoms with van der Waals surface area (Å²) in [4.78, 5) is 12.7. The number of hydrogen-bond donors (Lipinski definition) is 4. The topological polar surface area (TPSA) is 85.8 Å². The number of phenols is 1. The molecule has 4 unspecified atom stereocenters. The summed E-state index contributed by atoms with van der Waals surface area (Å²) in [6.07, 6.45) is 3.32. The van der Waals surface area contributed by atoms with Crippen molar-refractivity contribution < 1.29 is 9.90 Å². The zero-order valence-corrected chi connectivity index (χ0v) is 16.0. The Morgan fingerprint density at radius 2 is 1.96 bits per heavy atom. The number of carbonyl (C=O) groups excluding carboxylic acids is 1. The Balaban J connectivity index is 1.66. The summed E-state index contributed by atoms with van der Waals surface area (Å²) in [7, 11) is 0. The predicted octanol–water partition coefficient (Wildman–Crippen LogP) is 2.54. The maximum Gasteiger partial charge on any atom is 0.258 e. The second kappa shape index (κ2) is 7.37. The number of fused-ring (bicyclic) bond motifs is 1. The molecular formula is C20H30N4O2. The Morgan fingerprint density at radius 3 is 2.65 bits per heavy atom. The van der Waals surface area contributed by atoms with Crippen LogP contribution in [0.4, 0.5) is 0 Å². The number of carbonyl (C=O) groups is 1. The van der Waals surface area contributed by atoms with Crippen molar-refractivity contribution in [2.24, 2.45) is 22.4 Å². The van der Waals surface area contributed by atoms with Crippen molar-refractivity contribution >= 4 is 11.6 Å². The van der Waals surface area contributed by atoms with Gasteiger partial charge in [-0.05, 0) is 49.7 Å². The van der Waals surface area contributed by atoms with Gasteiger partial charge in [-0.2, -0.15) is 5.10 Å². The summed E-state index contributed by atoms with van der Waals surface area (Å²) in [5.41, 5.74) is 10.6. The van der Waals surface area contributed by atoms with E-state index in [9.17, 15) is 9.90 Å². The van der Waals surface area contributed by atoms with Crippen LogP contribution in [0.3, 0.4) is 0 Å². The Bertz CT molecular complexity index is 695. The quantitative estimate of drug-likeness (QED) is 0.494. The van der Waals surface area contributed by atoms with Crippen LogP contribution in [0.2, 0.25) is 0 Å². The smallest absolute Gasteiger partial charge is 0.258 e. The zero-order chi connectivity index (χ0) is 18.9. The lowest BCUT2D eigenvalue weighted by atomic mass is 9.66. The number of rotatable bonds is 3. The van der Waals surface area contributed by atoms with Gasteiger partial charge in [-0.15, -0.1) is 0 Å². The highest BCUT2D eigenvalue weighted by molar-refractivity contribution is 6.01. The minimum absolute atomic E-state index is 0.130. The summed E-state index contributed by atoms with van der Waals surface area (Å²) < 4.78 is 0. The summed E-state index contributed by atoms with van der Waals surface area (Å²) >= 11 is 0. The largest absolute Gasteiger partial charge is 0.507 e. The van der Waals surface area contributed by atoms with Crippen molar-refractivity contribution in [1.29, 1.82) is 0 Å². The average Bonchev–Trinajstić information content (AvgIpc) is 3.02. The lowest BCUT2D eigenvalue weighted by Crippen LogP contribution is -2.45. The number of hydrogen-bond acceptors (Lipinski definition) is 5. The summed E-state index contributed by atoms with van der Waals surface area (Å²) in [5, 5.41) is 14.1. The van der Waals surface area contributed by atoms with Gasteiger partial charge < -0.3 is 5.11 Å². The number of nitrogens with one attached hydrogen (secondary N) is 3. The predicted molar refractivity (Wildman–Crippen MR) is 103 cm³/mol. The molecule has 2 aliphatic rings. The molecular weight excluding hydrogens is 328 g/mol. The maximum atomic E-state index is 12.7. The van der Waals surface area contributed by atoms with Crippen LogP contribution >= 0.6 is 0 Å². The van der Waals surface area contributed by atoms with Crippen molar-refractivity contribution in [3.63, 3.8) is 0 Å². The fourth-order valence-corrected chi connectivity index (χ4v) is 4.15. The first-order valence-corrected chi connectivity index (χ1v) is 9.41. The molecule has 1 aromatic carbocycles. The first-order chi connectivity index (χ1) is 12.3. The van der Waals surface area contributed by atoms with Gasteiger partial charge in [0.25, 0.3) is 5.91 Å². The fraction of sp³-hybridized carbons (Fsp3) is 0.600. The van der Waals surface area contributed by atoms with E-state index < -0.39 is 0 Å². The first-order valence-electron chi connectivity index (χ1n) is 9.41. The number of amides is 1. The van der Waals surface area contributed by atoms with E-state index in [1.807, 2.05) is 6.07 Å². The van der Waals surface area contributed by atoms with Gasteiger partial charge in [-0.1, -0.05) is 32.9 Å². The lowest BCUT2D eigenvalue weighted by molar-refractivity contribution is -0.124. The molecule has 1 amide bonds. The molecule has 1 aliphatic heterocycles. The fourth-order valence-electron chi connectivity index (χ4n) is 4.15. The lowest BCUT2D eigenvalue weighted by Gasteiger charge is -2.39. The van der Waals surface area contributed by atoms with E-state index in [-0.39, 0.29) is 29.0 Å². The summed E-state index contributed by atoms with van der Waals surface area (Å²) in [6, 6.07) is 7.03. The molecule has 1 heterocycles. The standard InChI is InChI=1S/C20H30N4O2/c1-12(14-7-5-6-8-17(14)25)21-24-19(26)18-15-11-13(20(2,3)4)9-10-16(15)22-23-18/h5-8,13,15-16,18,22-23,25H,9-11H2,1-4H3,(H,24,26)/b21-12+.